The number of hydrogen-bond donors (Lipinski definition) is 1. The van der Waals surface area contributed by atoms with Crippen LogP contribution in [0.15, 0.2) is 12.1 Å². The summed E-state index contributed by atoms with van der Waals surface area (Å²) in [5.74, 6) is -0.139. The van der Waals surface area contributed by atoms with E-state index in [2.05, 4.69) is 9.72 Å². The lowest BCUT2D eigenvalue weighted by Crippen LogP contribution is -2.20. The van der Waals surface area contributed by atoms with Crippen molar-refractivity contribution >= 4 is 17.2 Å². The van der Waals surface area contributed by atoms with Crippen LogP contribution >= 0.6 is 12.2 Å². The first kappa shape index (κ1) is 12.7. The molecule has 0 fully saturated rings. The molecule has 0 saturated carbocycles. The van der Waals surface area contributed by atoms with E-state index in [1.54, 1.807) is 13.0 Å². The molecule has 0 aromatic carbocycles. The standard InChI is InChI=1S/C9H9F3N2OS/c1-5-2-6(8(13)16)3-7(14-5)15-4-9(10,11)12/h2-3H,4H2,1H3,(H2,13,16). The molecule has 2 N–H and O–H groups in total. The van der Waals surface area contributed by atoms with Crippen LogP contribution in [0.1, 0.15) is 11.3 Å². The van der Waals surface area contributed by atoms with Crippen molar-refractivity contribution in [2.24, 2.45) is 5.73 Å². The van der Waals surface area contributed by atoms with Crippen molar-refractivity contribution in [2.45, 2.75) is 13.1 Å². The fourth-order valence-electron chi connectivity index (χ4n) is 1.01. The third-order valence-corrected chi connectivity index (χ3v) is 1.83. The van der Waals surface area contributed by atoms with Crippen LogP contribution in [0.3, 0.4) is 0 Å². The van der Waals surface area contributed by atoms with Crippen molar-refractivity contribution < 1.29 is 17.9 Å². The summed E-state index contributed by atoms with van der Waals surface area (Å²) >= 11 is 4.71. The first-order valence-electron chi connectivity index (χ1n) is 4.26. The molecule has 0 aliphatic rings. The summed E-state index contributed by atoms with van der Waals surface area (Å²) in [6.45, 7) is 0.225. The maximum absolute atomic E-state index is 11.9. The number of aromatic nitrogens is 1. The van der Waals surface area contributed by atoms with E-state index in [4.69, 9.17) is 18.0 Å². The Kier molecular flexibility index (Phi) is 3.69. The monoisotopic (exact) mass is 250 g/mol. The lowest BCUT2D eigenvalue weighted by atomic mass is 10.2. The van der Waals surface area contributed by atoms with E-state index in [0.29, 0.717) is 11.3 Å². The highest BCUT2D eigenvalue weighted by atomic mass is 32.1. The zero-order valence-electron chi connectivity index (χ0n) is 8.34. The molecule has 0 unspecified atom stereocenters. The van der Waals surface area contributed by atoms with E-state index in [1.165, 1.54) is 6.07 Å². The van der Waals surface area contributed by atoms with Gasteiger partial charge in [0.1, 0.15) is 4.99 Å². The topological polar surface area (TPSA) is 48.1 Å². The first-order valence-corrected chi connectivity index (χ1v) is 4.67. The molecule has 1 heterocycles. The summed E-state index contributed by atoms with van der Waals surface area (Å²) in [6.07, 6.45) is -4.39. The summed E-state index contributed by atoms with van der Waals surface area (Å²) in [5.41, 5.74) is 6.28. The Hall–Kier alpha value is -1.37. The molecule has 0 aliphatic heterocycles. The number of hydrogen-bond acceptors (Lipinski definition) is 3. The van der Waals surface area contributed by atoms with Gasteiger partial charge >= 0.3 is 6.18 Å². The molecule has 0 radical (unpaired) electrons. The van der Waals surface area contributed by atoms with Gasteiger partial charge < -0.3 is 10.5 Å². The second-order valence-electron chi connectivity index (χ2n) is 3.10. The van der Waals surface area contributed by atoms with Crippen LogP contribution in [0.25, 0.3) is 0 Å². The van der Waals surface area contributed by atoms with Gasteiger partial charge in [0.2, 0.25) is 5.88 Å². The Balaban J connectivity index is 2.85. The van der Waals surface area contributed by atoms with Gasteiger partial charge in [-0.05, 0) is 13.0 Å². The summed E-state index contributed by atoms with van der Waals surface area (Å²) in [7, 11) is 0. The Morgan fingerprint density at radius 1 is 1.50 bits per heavy atom. The molecule has 0 spiro atoms. The smallest absolute Gasteiger partial charge is 0.422 e. The van der Waals surface area contributed by atoms with E-state index in [-0.39, 0.29) is 10.9 Å². The predicted molar refractivity (Wildman–Crippen MR) is 56.4 cm³/mol. The van der Waals surface area contributed by atoms with Gasteiger partial charge in [-0.15, -0.1) is 0 Å². The lowest BCUT2D eigenvalue weighted by molar-refractivity contribution is -0.154. The Morgan fingerprint density at radius 3 is 2.62 bits per heavy atom. The Bertz CT molecular complexity index is 406. The summed E-state index contributed by atoms with van der Waals surface area (Å²) in [4.78, 5) is 3.87. The van der Waals surface area contributed by atoms with E-state index in [0.717, 1.165) is 0 Å². The van der Waals surface area contributed by atoms with Crippen LogP contribution < -0.4 is 10.5 Å². The molecular formula is C9H9F3N2OS. The number of aryl methyl sites for hydroxylation is 1. The van der Waals surface area contributed by atoms with E-state index in [9.17, 15) is 13.2 Å². The van der Waals surface area contributed by atoms with Gasteiger partial charge in [-0.2, -0.15) is 13.2 Å². The lowest BCUT2D eigenvalue weighted by Gasteiger charge is -2.09. The molecular weight excluding hydrogens is 241 g/mol. The van der Waals surface area contributed by atoms with Crippen molar-refractivity contribution in [1.82, 2.24) is 4.98 Å². The summed E-state index contributed by atoms with van der Waals surface area (Å²) in [5, 5.41) is 0. The van der Waals surface area contributed by atoms with Gasteiger partial charge in [0.15, 0.2) is 6.61 Å². The number of nitrogens with zero attached hydrogens (tertiary/aromatic N) is 1. The molecule has 3 nitrogen and oxygen atoms in total. The zero-order valence-corrected chi connectivity index (χ0v) is 9.15. The van der Waals surface area contributed by atoms with Gasteiger partial charge in [-0.3, -0.25) is 0 Å². The molecule has 1 aromatic heterocycles. The Morgan fingerprint density at radius 2 is 2.12 bits per heavy atom. The average Bonchev–Trinajstić information content (AvgIpc) is 2.13. The van der Waals surface area contributed by atoms with Gasteiger partial charge in [0.25, 0.3) is 0 Å². The normalized spacial score (nSPS) is 11.2. The number of rotatable bonds is 3. The number of thiocarbonyl (C=S) groups is 1. The molecule has 0 bridgehead atoms. The highest BCUT2D eigenvalue weighted by Crippen LogP contribution is 2.18. The van der Waals surface area contributed by atoms with Crippen LogP contribution in [0.5, 0.6) is 5.88 Å². The van der Waals surface area contributed by atoms with Crippen molar-refractivity contribution in [3.8, 4) is 5.88 Å². The second kappa shape index (κ2) is 4.65. The fraction of sp³-hybridized carbons (Fsp3) is 0.333. The number of ether oxygens (including phenoxy) is 1. The van der Waals surface area contributed by atoms with Crippen LogP contribution in [-0.4, -0.2) is 22.8 Å². The molecule has 0 aliphatic carbocycles. The predicted octanol–water partition coefficient (Wildman–Crippen LogP) is 1.97. The van der Waals surface area contributed by atoms with Crippen LogP contribution in [0.4, 0.5) is 13.2 Å². The van der Waals surface area contributed by atoms with E-state index < -0.39 is 12.8 Å². The summed E-state index contributed by atoms with van der Waals surface area (Å²) in [6, 6.07) is 2.85. The van der Waals surface area contributed by atoms with Gasteiger partial charge in [0.05, 0.1) is 0 Å². The third kappa shape index (κ3) is 4.01. The molecule has 16 heavy (non-hydrogen) atoms. The number of alkyl halides is 3. The van der Waals surface area contributed by atoms with Crippen molar-refractivity contribution in [1.29, 1.82) is 0 Å². The van der Waals surface area contributed by atoms with Crippen LogP contribution in [0, 0.1) is 6.92 Å². The Labute approximate surface area is 95.4 Å². The number of pyridine rings is 1. The highest BCUT2D eigenvalue weighted by Gasteiger charge is 2.28. The molecule has 0 amide bonds. The molecule has 7 heteroatoms. The molecule has 0 atom stereocenters. The number of nitrogens with two attached hydrogens (primary N) is 1. The minimum Gasteiger partial charge on any atom is -0.468 e. The maximum Gasteiger partial charge on any atom is 0.422 e. The minimum absolute atomic E-state index is 0.0855. The first-order chi connectivity index (χ1) is 7.28. The largest absolute Gasteiger partial charge is 0.468 e. The zero-order chi connectivity index (χ0) is 12.3. The average molecular weight is 250 g/mol. The third-order valence-electron chi connectivity index (χ3n) is 1.60. The quantitative estimate of drug-likeness (QED) is 0.833. The van der Waals surface area contributed by atoms with Gasteiger partial charge in [-0.25, -0.2) is 4.98 Å². The minimum atomic E-state index is -4.39. The molecule has 0 saturated heterocycles. The van der Waals surface area contributed by atoms with Crippen molar-refractivity contribution in [3.05, 3.63) is 23.4 Å². The van der Waals surface area contributed by atoms with Gasteiger partial charge in [-0.1, -0.05) is 12.2 Å². The van der Waals surface area contributed by atoms with E-state index >= 15 is 0 Å². The second-order valence-corrected chi connectivity index (χ2v) is 3.54. The molecule has 88 valence electrons. The SMILES string of the molecule is Cc1cc(C(N)=S)cc(OCC(F)(F)F)n1. The molecule has 1 aromatic rings. The van der Waals surface area contributed by atoms with E-state index in [1.807, 2.05) is 0 Å². The number of halogens is 3. The maximum atomic E-state index is 11.9. The van der Waals surface area contributed by atoms with Crippen molar-refractivity contribution in [3.63, 3.8) is 0 Å². The molecule has 1 rings (SSSR count). The van der Waals surface area contributed by atoms with Gasteiger partial charge in [0, 0.05) is 17.3 Å². The fourth-order valence-corrected chi connectivity index (χ4v) is 1.13. The summed E-state index contributed by atoms with van der Waals surface area (Å²) < 4.78 is 40.2. The van der Waals surface area contributed by atoms with Crippen LogP contribution in [0.2, 0.25) is 0 Å². The highest BCUT2D eigenvalue weighted by molar-refractivity contribution is 7.80. The van der Waals surface area contributed by atoms with Crippen molar-refractivity contribution in [2.75, 3.05) is 6.61 Å². The van der Waals surface area contributed by atoms with Crippen LogP contribution in [-0.2, 0) is 0 Å².